The largest absolute Gasteiger partial charge is 0.545 e. The van der Waals surface area contributed by atoms with E-state index in [1.54, 1.807) is 12.1 Å². The lowest BCUT2D eigenvalue weighted by Gasteiger charge is -2.33. The summed E-state index contributed by atoms with van der Waals surface area (Å²) in [5.74, 6) is -2.01. The Kier molecular flexibility index (Phi) is 11.4. The molecule has 0 unspecified atom stereocenters. The molecule has 1 N–H and O–H groups in total. The highest BCUT2D eigenvalue weighted by atomic mass is 35.5. The summed E-state index contributed by atoms with van der Waals surface area (Å²) in [6.45, 7) is 4.76. The fraction of sp³-hybridized carbons (Fsp3) is 0.432. The van der Waals surface area contributed by atoms with Crippen LogP contribution in [0.2, 0.25) is 0 Å². The van der Waals surface area contributed by atoms with E-state index in [0.29, 0.717) is 74.3 Å². The highest BCUT2D eigenvalue weighted by Crippen LogP contribution is 2.43. The minimum absolute atomic E-state index is 0.0849. The first kappa shape index (κ1) is 34.8. The second kappa shape index (κ2) is 16.1. The number of anilines is 1. The number of halogens is 3. The summed E-state index contributed by atoms with van der Waals surface area (Å²) in [7, 11) is 0. The van der Waals surface area contributed by atoms with E-state index in [4.69, 9.17) is 25.5 Å². The Morgan fingerprint density at radius 1 is 0.898 bits per heavy atom. The molecule has 2 aromatic rings. The standard InChI is InChI=1S/C37H40ClF2N3O6/c38-9-3-1-2-4-15-47-17-18-48-16-10-41-36(44)24-7-8-25(37(45)46)26(19-24)35-27-20-29(39)31(42-11-5-12-42)22-33(27)49-34-23-32(43-13-6-14-43)30(40)21-28(34)35/h7-8,19-23H,1-6,9-18H2,(H-,41,44,45,46). The van der Waals surface area contributed by atoms with Crippen molar-refractivity contribution in [2.24, 2.45) is 0 Å². The van der Waals surface area contributed by atoms with Crippen molar-refractivity contribution in [2.45, 2.75) is 38.5 Å². The van der Waals surface area contributed by atoms with Gasteiger partial charge in [-0.2, -0.15) is 4.39 Å². The number of hydrogen-bond acceptors (Lipinski definition) is 7. The number of hydrogen-bond donors (Lipinski definition) is 1. The average Bonchev–Trinajstić information content (AvgIpc) is 3.03. The molecule has 3 aliphatic heterocycles. The third-order valence-corrected chi connectivity index (χ3v) is 9.36. The molecule has 0 spiro atoms. The Morgan fingerprint density at radius 2 is 1.67 bits per heavy atom. The molecule has 2 fully saturated rings. The number of nitrogens with one attached hydrogen (secondary N) is 1. The Morgan fingerprint density at radius 3 is 2.37 bits per heavy atom. The molecule has 12 heteroatoms. The first-order chi connectivity index (χ1) is 23.9. The SMILES string of the molecule is O=C(NCCOCCOCCCCCCCl)c1ccc(C(=O)[O-])c(-c2c3cc(F)c(=[N+]4CCC4)cc-3oc3cc(N4CCC4)c(F)cc23)c1. The van der Waals surface area contributed by atoms with E-state index in [9.17, 15) is 14.7 Å². The predicted octanol–water partition coefficient (Wildman–Crippen LogP) is 4.79. The summed E-state index contributed by atoms with van der Waals surface area (Å²) in [5.41, 5.74) is 1.17. The number of benzene rings is 3. The van der Waals surface area contributed by atoms with Gasteiger partial charge in [0, 0.05) is 65.8 Å². The van der Waals surface area contributed by atoms with E-state index in [1.807, 2.05) is 9.48 Å². The summed E-state index contributed by atoms with van der Waals surface area (Å²) in [6.07, 6.45) is 6.02. The molecular formula is C37H40ClF2N3O6. The molecule has 9 nitrogen and oxygen atoms in total. The molecule has 2 saturated heterocycles. The Hall–Kier alpha value is -4.06. The van der Waals surface area contributed by atoms with Crippen LogP contribution in [0.15, 0.2) is 46.9 Å². The molecule has 3 heterocycles. The van der Waals surface area contributed by atoms with Crippen LogP contribution in [0.1, 0.15) is 59.2 Å². The average molecular weight is 696 g/mol. The number of carbonyl (C=O) groups excluding carboxylic acids is 2. The second-order valence-electron chi connectivity index (χ2n) is 12.4. The first-order valence-electron chi connectivity index (χ1n) is 16.9. The van der Waals surface area contributed by atoms with Gasteiger partial charge in [-0.05, 0) is 49.1 Å². The number of carbonyl (C=O) groups is 2. The fourth-order valence-corrected chi connectivity index (χ4v) is 6.37. The minimum atomic E-state index is -1.50. The van der Waals surface area contributed by atoms with Crippen molar-refractivity contribution >= 4 is 40.1 Å². The van der Waals surface area contributed by atoms with Crippen molar-refractivity contribution in [3.63, 3.8) is 0 Å². The van der Waals surface area contributed by atoms with Crippen LogP contribution in [0.4, 0.5) is 14.5 Å². The van der Waals surface area contributed by atoms with E-state index in [0.717, 1.165) is 38.5 Å². The van der Waals surface area contributed by atoms with E-state index in [1.165, 1.54) is 30.3 Å². The summed E-state index contributed by atoms with van der Waals surface area (Å²) in [5, 5.41) is 15.8. The second-order valence-corrected chi connectivity index (χ2v) is 12.8. The summed E-state index contributed by atoms with van der Waals surface area (Å²) >= 11 is 5.69. The van der Waals surface area contributed by atoms with Gasteiger partial charge in [0.05, 0.1) is 44.0 Å². The Labute approximate surface area is 288 Å². The molecule has 1 aliphatic carbocycles. The van der Waals surface area contributed by atoms with Crippen molar-refractivity contribution in [3.05, 3.63) is 70.6 Å². The van der Waals surface area contributed by atoms with E-state index >= 15 is 8.78 Å². The number of fused-ring (bicyclic) bond motifs is 2. The van der Waals surface area contributed by atoms with Gasteiger partial charge in [-0.25, -0.2) is 8.97 Å². The van der Waals surface area contributed by atoms with Crippen LogP contribution < -0.4 is 25.3 Å². The van der Waals surface area contributed by atoms with Crippen molar-refractivity contribution < 1.29 is 37.4 Å². The zero-order valence-electron chi connectivity index (χ0n) is 27.3. The number of amides is 1. The van der Waals surface area contributed by atoms with Gasteiger partial charge in [-0.1, -0.05) is 18.9 Å². The maximum atomic E-state index is 15.6. The third-order valence-electron chi connectivity index (χ3n) is 9.10. The van der Waals surface area contributed by atoms with Gasteiger partial charge in [0.2, 0.25) is 5.36 Å². The Balaban J connectivity index is 1.27. The molecule has 6 rings (SSSR count). The van der Waals surface area contributed by atoms with Gasteiger partial charge in [0.1, 0.15) is 30.3 Å². The zero-order chi connectivity index (χ0) is 34.3. The summed E-state index contributed by atoms with van der Waals surface area (Å²) in [4.78, 5) is 27.6. The molecular weight excluding hydrogens is 656 g/mol. The van der Waals surface area contributed by atoms with Crippen LogP contribution in [0.5, 0.6) is 0 Å². The van der Waals surface area contributed by atoms with E-state index < -0.39 is 23.5 Å². The minimum Gasteiger partial charge on any atom is -0.545 e. The normalized spacial score (nSPS) is 14.3. The fourth-order valence-electron chi connectivity index (χ4n) is 6.18. The van der Waals surface area contributed by atoms with Crippen molar-refractivity contribution in [1.82, 2.24) is 9.89 Å². The van der Waals surface area contributed by atoms with E-state index in [2.05, 4.69) is 5.32 Å². The molecule has 1 amide bonds. The topological polar surface area (TPSA) is 107 Å². The van der Waals surface area contributed by atoms with Crippen LogP contribution in [0.3, 0.4) is 0 Å². The first-order valence-corrected chi connectivity index (χ1v) is 17.5. The summed E-state index contributed by atoms with van der Waals surface area (Å²) < 4.78 is 50.6. The molecule has 260 valence electrons. The lowest BCUT2D eigenvalue weighted by Crippen LogP contribution is -2.42. The van der Waals surface area contributed by atoms with Crippen LogP contribution in [0.25, 0.3) is 33.4 Å². The highest BCUT2D eigenvalue weighted by molar-refractivity contribution is 6.17. The number of alkyl halides is 1. The van der Waals surface area contributed by atoms with Crippen molar-refractivity contribution in [2.75, 3.05) is 69.9 Å². The smallest absolute Gasteiger partial charge is 0.251 e. The van der Waals surface area contributed by atoms with Crippen molar-refractivity contribution in [3.8, 4) is 22.5 Å². The van der Waals surface area contributed by atoms with Crippen LogP contribution in [0, 0.1) is 11.6 Å². The quantitative estimate of drug-likeness (QED) is 0.0778. The number of aromatic carboxylic acids is 1. The number of carboxylic acids is 1. The maximum absolute atomic E-state index is 15.6. The third kappa shape index (κ3) is 7.90. The highest BCUT2D eigenvalue weighted by Gasteiger charge is 2.28. The molecule has 0 bridgehead atoms. The van der Waals surface area contributed by atoms with E-state index in [-0.39, 0.29) is 46.4 Å². The molecule has 0 saturated carbocycles. The molecule has 4 aliphatic rings. The summed E-state index contributed by atoms with van der Waals surface area (Å²) in [6, 6.07) is 9.86. The molecule has 0 aromatic heterocycles. The lowest BCUT2D eigenvalue weighted by molar-refractivity contribution is -0.254. The number of unbranched alkanes of at least 4 members (excludes halogenated alkanes) is 3. The van der Waals surface area contributed by atoms with Gasteiger partial charge < -0.3 is 34.0 Å². The van der Waals surface area contributed by atoms with Gasteiger partial charge in [-0.3, -0.25) is 4.79 Å². The van der Waals surface area contributed by atoms with Crippen molar-refractivity contribution in [1.29, 1.82) is 0 Å². The number of carboxylic acid groups (broad SMARTS) is 1. The predicted molar refractivity (Wildman–Crippen MR) is 182 cm³/mol. The van der Waals surface area contributed by atoms with Gasteiger partial charge in [0.15, 0.2) is 5.82 Å². The van der Waals surface area contributed by atoms with Gasteiger partial charge >= 0.3 is 0 Å². The number of rotatable bonds is 16. The van der Waals surface area contributed by atoms with Gasteiger partial charge in [-0.15, -0.1) is 11.6 Å². The maximum Gasteiger partial charge on any atom is 0.251 e. The molecule has 2 aromatic carbocycles. The van der Waals surface area contributed by atoms with Crippen LogP contribution in [-0.4, -0.2) is 76.9 Å². The van der Waals surface area contributed by atoms with Crippen LogP contribution >= 0.6 is 11.6 Å². The molecule has 0 radical (unpaired) electrons. The zero-order valence-corrected chi connectivity index (χ0v) is 28.1. The van der Waals surface area contributed by atoms with Gasteiger partial charge in [0.25, 0.3) is 5.91 Å². The Bertz CT molecular complexity index is 1870. The monoisotopic (exact) mass is 695 g/mol. The molecule has 0 atom stereocenters. The van der Waals surface area contributed by atoms with Crippen LogP contribution in [-0.2, 0) is 9.47 Å². The number of nitrogens with zero attached hydrogens (tertiary/aromatic N) is 2. The number of ether oxygens (including phenoxy) is 2. The lowest BCUT2D eigenvalue weighted by atomic mass is 9.89. The molecule has 49 heavy (non-hydrogen) atoms.